The van der Waals surface area contributed by atoms with E-state index in [9.17, 15) is 9.59 Å². The fourth-order valence-corrected chi connectivity index (χ4v) is 1.72. The third-order valence-corrected chi connectivity index (χ3v) is 2.57. The van der Waals surface area contributed by atoms with Gasteiger partial charge in [0.05, 0.1) is 25.9 Å². The Hall–Kier alpha value is -0.940. The van der Waals surface area contributed by atoms with Gasteiger partial charge in [0.2, 0.25) is 0 Å². The van der Waals surface area contributed by atoms with Gasteiger partial charge in [0.25, 0.3) is 0 Å². The molecule has 1 atom stereocenters. The highest BCUT2D eigenvalue weighted by Crippen LogP contribution is 2.06. The molecule has 1 fully saturated rings. The van der Waals surface area contributed by atoms with Crippen molar-refractivity contribution in [2.24, 2.45) is 0 Å². The van der Waals surface area contributed by atoms with E-state index in [-0.39, 0.29) is 12.0 Å². The Bertz CT molecular complexity index is 232. The first-order chi connectivity index (χ1) is 7.77. The van der Waals surface area contributed by atoms with Crippen molar-refractivity contribution in [3.8, 4) is 0 Å². The molecule has 0 radical (unpaired) electrons. The zero-order valence-corrected chi connectivity index (χ0v) is 9.68. The van der Waals surface area contributed by atoms with Gasteiger partial charge in [-0.05, 0) is 19.9 Å². The summed E-state index contributed by atoms with van der Waals surface area (Å²) in [5, 5.41) is 0. The molecule has 0 aromatic rings. The van der Waals surface area contributed by atoms with Crippen LogP contribution in [-0.4, -0.2) is 56.1 Å². The third-order valence-electron chi connectivity index (χ3n) is 2.57. The molecule has 1 heterocycles. The average molecular weight is 229 g/mol. The van der Waals surface area contributed by atoms with Crippen LogP contribution in [-0.2, 0) is 19.1 Å². The van der Waals surface area contributed by atoms with Crippen LogP contribution in [0.15, 0.2) is 0 Å². The fourth-order valence-electron chi connectivity index (χ4n) is 1.72. The highest BCUT2D eigenvalue weighted by Gasteiger charge is 2.21. The first-order valence-corrected chi connectivity index (χ1v) is 5.70. The fraction of sp³-hybridized carbons (Fsp3) is 0.818. The number of carbonyl (C=O) groups excluding carboxylic acids is 2. The number of esters is 1. The number of nitrogens with zero attached hydrogens (tertiary/aromatic N) is 1. The minimum Gasteiger partial charge on any atom is -0.466 e. The average Bonchev–Trinajstić information content (AvgIpc) is 2.30. The molecule has 0 aromatic heterocycles. The van der Waals surface area contributed by atoms with Crippen molar-refractivity contribution in [2.75, 3.05) is 32.9 Å². The molecule has 16 heavy (non-hydrogen) atoms. The summed E-state index contributed by atoms with van der Waals surface area (Å²) in [6, 6.07) is -0.157. The Labute approximate surface area is 95.7 Å². The van der Waals surface area contributed by atoms with Gasteiger partial charge in [-0.2, -0.15) is 0 Å². The van der Waals surface area contributed by atoms with Crippen molar-refractivity contribution in [1.82, 2.24) is 4.90 Å². The smallest absolute Gasteiger partial charge is 0.305 e. The second-order valence-corrected chi connectivity index (χ2v) is 3.72. The summed E-state index contributed by atoms with van der Waals surface area (Å²) in [6.45, 7) is 4.83. The molecule has 0 bridgehead atoms. The third kappa shape index (κ3) is 4.28. The Morgan fingerprint density at radius 3 is 3.12 bits per heavy atom. The van der Waals surface area contributed by atoms with Gasteiger partial charge in [-0.3, -0.25) is 9.69 Å². The molecule has 1 saturated heterocycles. The van der Waals surface area contributed by atoms with Crippen LogP contribution in [0.4, 0.5) is 0 Å². The van der Waals surface area contributed by atoms with Crippen LogP contribution in [0.25, 0.3) is 0 Å². The molecule has 0 aromatic carbocycles. The number of hydrogen-bond acceptors (Lipinski definition) is 5. The van der Waals surface area contributed by atoms with Gasteiger partial charge in [-0.15, -0.1) is 0 Å². The lowest BCUT2D eigenvalue weighted by atomic mass is 10.2. The van der Waals surface area contributed by atoms with Crippen molar-refractivity contribution in [3.63, 3.8) is 0 Å². The quantitative estimate of drug-likeness (QED) is 0.482. The number of aldehydes is 1. The summed E-state index contributed by atoms with van der Waals surface area (Å²) in [6.07, 6.45) is 2.05. The van der Waals surface area contributed by atoms with Gasteiger partial charge in [0.1, 0.15) is 6.29 Å². The normalized spacial score (nSPS) is 21.7. The Balaban J connectivity index is 2.20. The Kier molecular flexibility index (Phi) is 6.03. The summed E-state index contributed by atoms with van der Waals surface area (Å²) < 4.78 is 10.0. The van der Waals surface area contributed by atoms with E-state index in [0.717, 1.165) is 25.8 Å². The summed E-state index contributed by atoms with van der Waals surface area (Å²) in [4.78, 5) is 23.9. The van der Waals surface area contributed by atoms with Crippen LogP contribution in [0.2, 0.25) is 0 Å². The van der Waals surface area contributed by atoms with Gasteiger partial charge in [0, 0.05) is 13.0 Å². The molecule has 0 amide bonds. The highest BCUT2D eigenvalue weighted by molar-refractivity contribution is 5.69. The van der Waals surface area contributed by atoms with Gasteiger partial charge in [-0.1, -0.05) is 0 Å². The SMILES string of the molecule is CCOC(=O)CCCN1CCOCC1C=O. The van der Waals surface area contributed by atoms with Crippen molar-refractivity contribution >= 4 is 12.3 Å². The molecule has 1 unspecified atom stereocenters. The monoisotopic (exact) mass is 229 g/mol. The van der Waals surface area contributed by atoms with Crippen molar-refractivity contribution < 1.29 is 19.1 Å². The van der Waals surface area contributed by atoms with Crippen LogP contribution in [0.3, 0.4) is 0 Å². The van der Waals surface area contributed by atoms with Gasteiger partial charge in [-0.25, -0.2) is 0 Å². The van der Waals surface area contributed by atoms with Crippen LogP contribution in [0, 0.1) is 0 Å². The molecule has 1 aliphatic rings. The van der Waals surface area contributed by atoms with Crippen LogP contribution in [0.1, 0.15) is 19.8 Å². The van der Waals surface area contributed by atoms with E-state index in [0.29, 0.717) is 26.2 Å². The predicted molar refractivity (Wildman–Crippen MR) is 58.1 cm³/mol. The van der Waals surface area contributed by atoms with E-state index in [1.54, 1.807) is 6.92 Å². The maximum absolute atomic E-state index is 11.1. The second kappa shape index (κ2) is 7.35. The van der Waals surface area contributed by atoms with Gasteiger partial charge in [0.15, 0.2) is 0 Å². The zero-order valence-electron chi connectivity index (χ0n) is 9.68. The first kappa shape index (κ1) is 13.1. The molecule has 0 aliphatic carbocycles. The predicted octanol–water partition coefficient (Wildman–Crippen LogP) is 0.229. The van der Waals surface area contributed by atoms with Gasteiger partial charge < -0.3 is 14.3 Å². The lowest BCUT2D eigenvalue weighted by molar-refractivity contribution is -0.143. The molecule has 0 spiro atoms. The number of ether oxygens (including phenoxy) is 2. The first-order valence-electron chi connectivity index (χ1n) is 5.70. The van der Waals surface area contributed by atoms with E-state index in [1.807, 2.05) is 0 Å². The van der Waals surface area contributed by atoms with Crippen LogP contribution < -0.4 is 0 Å². The van der Waals surface area contributed by atoms with E-state index in [2.05, 4.69) is 4.90 Å². The summed E-state index contributed by atoms with van der Waals surface area (Å²) in [5.74, 6) is -0.168. The topological polar surface area (TPSA) is 55.8 Å². The summed E-state index contributed by atoms with van der Waals surface area (Å²) >= 11 is 0. The van der Waals surface area contributed by atoms with Crippen LogP contribution in [0.5, 0.6) is 0 Å². The summed E-state index contributed by atoms with van der Waals surface area (Å²) in [5.41, 5.74) is 0. The zero-order chi connectivity index (χ0) is 11.8. The maximum Gasteiger partial charge on any atom is 0.305 e. The van der Waals surface area contributed by atoms with E-state index >= 15 is 0 Å². The van der Waals surface area contributed by atoms with Crippen molar-refractivity contribution in [1.29, 1.82) is 0 Å². The number of carbonyl (C=O) groups is 2. The maximum atomic E-state index is 11.1. The molecule has 0 N–H and O–H groups in total. The lowest BCUT2D eigenvalue weighted by Gasteiger charge is -2.31. The minimum atomic E-state index is -0.168. The van der Waals surface area contributed by atoms with E-state index in [4.69, 9.17) is 9.47 Å². The second-order valence-electron chi connectivity index (χ2n) is 3.72. The molecular weight excluding hydrogens is 210 g/mol. The number of rotatable bonds is 6. The van der Waals surface area contributed by atoms with Crippen molar-refractivity contribution in [3.05, 3.63) is 0 Å². The molecule has 5 heteroatoms. The van der Waals surface area contributed by atoms with E-state index < -0.39 is 0 Å². The lowest BCUT2D eigenvalue weighted by Crippen LogP contribution is -2.46. The number of hydrogen-bond donors (Lipinski definition) is 0. The molecule has 5 nitrogen and oxygen atoms in total. The molecule has 0 saturated carbocycles. The molecular formula is C11H19NO4. The van der Waals surface area contributed by atoms with Gasteiger partial charge >= 0.3 is 5.97 Å². The largest absolute Gasteiger partial charge is 0.466 e. The number of morpholine rings is 1. The Morgan fingerprint density at radius 1 is 1.62 bits per heavy atom. The van der Waals surface area contributed by atoms with Crippen molar-refractivity contribution in [2.45, 2.75) is 25.8 Å². The van der Waals surface area contributed by atoms with Crippen LogP contribution >= 0.6 is 0 Å². The standard InChI is InChI=1S/C11H19NO4/c1-2-16-11(14)4-3-5-12-6-7-15-9-10(12)8-13/h8,10H,2-7,9H2,1H3. The molecule has 92 valence electrons. The summed E-state index contributed by atoms with van der Waals surface area (Å²) in [7, 11) is 0. The van der Waals surface area contributed by atoms with E-state index in [1.165, 1.54) is 0 Å². The minimum absolute atomic E-state index is 0.157. The molecule has 1 aliphatic heterocycles. The Morgan fingerprint density at radius 2 is 2.44 bits per heavy atom. The highest BCUT2D eigenvalue weighted by atomic mass is 16.5. The molecule has 1 rings (SSSR count).